The highest BCUT2D eigenvalue weighted by Gasteiger charge is 2.58. The van der Waals surface area contributed by atoms with Crippen LogP contribution in [-0.2, 0) is 21.1 Å². The van der Waals surface area contributed by atoms with Crippen molar-refractivity contribution in [3.63, 3.8) is 0 Å². The molecule has 2 saturated heterocycles. The maximum absolute atomic E-state index is 15.2. The first-order valence-corrected chi connectivity index (χ1v) is 15.8. The molecule has 4 aromatic heterocycles. The smallest absolute Gasteiger partial charge is 0.280 e. The quantitative estimate of drug-likeness (QED) is 0.125. The van der Waals surface area contributed by atoms with Crippen molar-refractivity contribution in [3.8, 4) is 0 Å². The Morgan fingerprint density at radius 2 is 2.10 bits per heavy atom. The first-order chi connectivity index (χ1) is 19.4. The normalized spacial score (nSPS) is 31.7. The molecule has 41 heavy (non-hydrogen) atoms. The minimum Gasteiger partial charge on any atom is -0.395 e. The predicted molar refractivity (Wildman–Crippen MR) is 149 cm³/mol. The first-order valence-electron chi connectivity index (χ1n) is 12.2. The van der Waals surface area contributed by atoms with Crippen molar-refractivity contribution in [2.45, 2.75) is 47.0 Å². The molecule has 9 N–H and O–H groups in total. The van der Waals surface area contributed by atoms with Crippen LogP contribution >= 0.6 is 18.3 Å². The second-order valence-electron chi connectivity index (χ2n) is 9.69. The lowest BCUT2D eigenvalue weighted by Crippen LogP contribution is -2.37. The molecule has 0 aliphatic carbocycles. The number of H-pyrrole nitrogens is 1. The number of aliphatic hydroxyl groups excluding tert-OH is 2. The summed E-state index contributed by atoms with van der Waals surface area (Å²) in [6.45, 7) is -5.15. The number of nitrogen functional groups attached to an aromatic ring is 2. The Balaban J connectivity index is 1.26. The highest BCUT2D eigenvalue weighted by molar-refractivity contribution is 8.11. The number of nitrogens with two attached hydrogens (primary N) is 2. The van der Waals surface area contributed by atoms with Gasteiger partial charge in [-0.1, -0.05) is 0 Å². The largest absolute Gasteiger partial charge is 0.395 e. The molecular formula is C21H25FN9O7PS2. The Hall–Kier alpha value is -2.74. The van der Waals surface area contributed by atoms with Crippen LogP contribution in [0.5, 0.6) is 0 Å². The van der Waals surface area contributed by atoms with Crippen LogP contribution in [0.1, 0.15) is 18.0 Å². The Morgan fingerprint density at radius 3 is 2.85 bits per heavy atom. The number of ether oxygens (including phenoxy) is 1. The summed E-state index contributed by atoms with van der Waals surface area (Å²) in [7, 11) is 0. The number of thioether (sulfide) groups is 1. The number of anilines is 2. The SMILES string of the molecule is Nc1nc2c(ncn2[C@@H]2S[C@H](CO)CC2(O)P(O)(=S)OC[C@H]2O[C@@H](n3ccc4c(N)ncnc43)[C@@H](F)[C@@H]2O)c(=O)[nH]1. The lowest BCUT2D eigenvalue weighted by molar-refractivity contribution is -0.0439. The predicted octanol–water partition coefficient (Wildman–Crippen LogP) is -0.671. The summed E-state index contributed by atoms with van der Waals surface area (Å²) in [6.07, 6.45) is -2.39. The molecule has 220 valence electrons. The van der Waals surface area contributed by atoms with Gasteiger partial charge in [0.05, 0.1) is 24.9 Å². The minimum atomic E-state index is -4.22. The third-order valence-electron chi connectivity index (χ3n) is 7.16. The van der Waals surface area contributed by atoms with E-state index in [1.165, 1.54) is 28.0 Å². The molecule has 2 unspecified atom stereocenters. The lowest BCUT2D eigenvalue weighted by Gasteiger charge is -2.36. The molecule has 0 aromatic carbocycles. The maximum atomic E-state index is 15.2. The average Bonchev–Trinajstić information content (AvgIpc) is 3.69. The van der Waals surface area contributed by atoms with Crippen LogP contribution in [0.2, 0.25) is 0 Å². The molecule has 2 fully saturated rings. The van der Waals surface area contributed by atoms with E-state index in [-0.39, 0.29) is 36.0 Å². The summed E-state index contributed by atoms with van der Waals surface area (Å²) in [4.78, 5) is 42.2. The monoisotopic (exact) mass is 629 g/mol. The van der Waals surface area contributed by atoms with Crippen LogP contribution in [0.3, 0.4) is 0 Å². The van der Waals surface area contributed by atoms with Crippen molar-refractivity contribution < 1.29 is 33.9 Å². The molecule has 0 saturated carbocycles. The van der Waals surface area contributed by atoms with Crippen LogP contribution in [-0.4, -0.2) is 96.5 Å². The number of alkyl halides is 1. The zero-order chi connectivity index (χ0) is 29.3. The molecule has 6 heterocycles. The van der Waals surface area contributed by atoms with Crippen molar-refractivity contribution in [3.05, 3.63) is 35.3 Å². The van der Waals surface area contributed by atoms with Gasteiger partial charge in [-0.2, -0.15) is 4.98 Å². The topological polar surface area (TPSA) is 246 Å². The van der Waals surface area contributed by atoms with Gasteiger partial charge < -0.3 is 45.5 Å². The molecule has 2 aliphatic rings. The number of aliphatic hydroxyl groups is 3. The van der Waals surface area contributed by atoms with Crippen LogP contribution < -0.4 is 17.0 Å². The minimum absolute atomic E-state index is 0.0248. The zero-order valence-electron chi connectivity index (χ0n) is 20.9. The van der Waals surface area contributed by atoms with E-state index in [1.54, 1.807) is 6.07 Å². The number of hydrogen-bond acceptors (Lipinski definition) is 14. The Bertz CT molecular complexity index is 1740. The number of hydrogen-bond donors (Lipinski definition) is 7. The number of nitrogens with one attached hydrogen (secondary N) is 1. The van der Waals surface area contributed by atoms with Gasteiger partial charge in [-0.15, -0.1) is 11.8 Å². The van der Waals surface area contributed by atoms with Crippen LogP contribution in [0.15, 0.2) is 29.7 Å². The van der Waals surface area contributed by atoms with E-state index in [4.69, 9.17) is 32.5 Å². The van der Waals surface area contributed by atoms with Gasteiger partial charge in [0.25, 0.3) is 5.56 Å². The average molecular weight is 630 g/mol. The van der Waals surface area contributed by atoms with E-state index in [1.807, 2.05) is 0 Å². The van der Waals surface area contributed by atoms with Crippen LogP contribution in [0.25, 0.3) is 22.2 Å². The maximum Gasteiger partial charge on any atom is 0.280 e. The standard InChI is InChI=1S/C21H25FN9O7PS2/c22-11-13(33)10(38-18(11)30-2-1-9-14(23)25-6-26-15(9)30)5-37-39(36,40)21(35)3-8(4-32)41-19(21)31-7-27-12-16(31)28-20(24)29-17(12)34/h1-2,6-8,10-11,13,18-19,32-33,35H,3-5H2,(H,36,40)(H2,23,25,26)(H3,24,28,29,34)/t8-,10+,11-,13+,18+,19+,21?,39?/m0/s1. The van der Waals surface area contributed by atoms with Crippen molar-refractivity contribution in [2.75, 3.05) is 24.7 Å². The van der Waals surface area contributed by atoms with Gasteiger partial charge in [-0.3, -0.25) is 14.3 Å². The van der Waals surface area contributed by atoms with Crippen molar-refractivity contribution in [2.24, 2.45) is 0 Å². The van der Waals surface area contributed by atoms with E-state index in [0.29, 0.717) is 11.0 Å². The number of nitrogens with zero attached hydrogens (tertiary/aromatic N) is 6. The van der Waals surface area contributed by atoms with E-state index in [2.05, 4.69) is 24.9 Å². The Labute approximate surface area is 238 Å². The molecule has 0 bridgehead atoms. The summed E-state index contributed by atoms with van der Waals surface area (Å²) in [6, 6.07) is 1.59. The van der Waals surface area contributed by atoms with Gasteiger partial charge >= 0.3 is 0 Å². The van der Waals surface area contributed by atoms with E-state index >= 15 is 4.39 Å². The van der Waals surface area contributed by atoms with Gasteiger partial charge in [-0.25, -0.2) is 19.3 Å². The van der Waals surface area contributed by atoms with E-state index in [9.17, 15) is 25.0 Å². The van der Waals surface area contributed by atoms with Gasteiger partial charge in [0.15, 0.2) is 28.9 Å². The number of halogens is 1. The summed E-state index contributed by atoms with van der Waals surface area (Å²) in [5.74, 6) is -0.00312. The summed E-state index contributed by atoms with van der Waals surface area (Å²) < 4.78 is 29.4. The number of aromatic nitrogens is 7. The third-order valence-corrected chi connectivity index (χ3v) is 12.1. The third kappa shape index (κ3) is 4.52. The summed E-state index contributed by atoms with van der Waals surface area (Å²) in [5.41, 5.74) is 11.2. The van der Waals surface area contributed by atoms with Crippen molar-refractivity contribution in [1.82, 2.24) is 34.1 Å². The summed E-state index contributed by atoms with van der Waals surface area (Å²) >= 11 is 6.49. The van der Waals surface area contributed by atoms with Gasteiger partial charge in [-0.05, 0) is 17.9 Å². The molecular weight excluding hydrogens is 604 g/mol. The fourth-order valence-electron chi connectivity index (χ4n) is 5.09. The fraction of sp³-hybridized carbons (Fsp3) is 0.476. The Morgan fingerprint density at radius 1 is 1.32 bits per heavy atom. The molecule has 4 aromatic rings. The van der Waals surface area contributed by atoms with Crippen LogP contribution in [0.4, 0.5) is 16.2 Å². The van der Waals surface area contributed by atoms with E-state index in [0.717, 1.165) is 11.8 Å². The second-order valence-corrected chi connectivity index (χ2v) is 14.6. The molecule has 2 aliphatic heterocycles. The number of imidazole rings is 1. The molecule has 0 amide bonds. The van der Waals surface area contributed by atoms with Gasteiger partial charge in [0, 0.05) is 17.9 Å². The van der Waals surface area contributed by atoms with E-state index < -0.39 is 59.2 Å². The highest BCUT2D eigenvalue weighted by atomic mass is 32.5. The van der Waals surface area contributed by atoms with Crippen molar-refractivity contribution >= 4 is 64.0 Å². The molecule has 0 radical (unpaired) electrons. The Kier molecular flexibility index (Phi) is 7.07. The first kappa shape index (κ1) is 28.4. The summed E-state index contributed by atoms with van der Waals surface area (Å²) in [5, 5.41) is 28.9. The molecule has 0 spiro atoms. The number of rotatable bonds is 7. The number of fused-ring (bicyclic) bond motifs is 2. The fourth-order valence-corrected chi connectivity index (χ4v) is 9.56. The van der Waals surface area contributed by atoms with Crippen molar-refractivity contribution in [1.29, 1.82) is 0 Å². The highest BCUT2D eigenvalue weighted by Crippen LogP contribution is 2.68. The van der Waals surface area contributed by atoms with Crippen LogP contribution in [0, 0.1) is 0 Å². The van der Waals surface area contributed by atoms with Gasteiger partial charge in [0.1, 0.15) is 35.4 Å². The molecule has 16 nitrogen and oxygen atoms in total. The number of aromatic amines is 1. The molecule has 20 heteroatoms. The zero-order valence-corrected chi connectivity index (χ0v) is 23.4. The second kappa shape index (κ2) is 10.2. The molecule has 8 atom stereocenters. The lowest BCUT2D eigenvalue weighted by atomic mass is 10.1. The molecule has 6 rings (SSSR count). The van der Waals surface area contributed by atoms with Gasteiger partial charge in [0.2, 0.25) is 12.4 Å².